The van der Waals surface area contributed by atoms with Crippen molar-refractivity contribution in [2.45, 2.75) is 26.2 Å². The minimum atomic E-state index is -0.734. The lowest BCUT2D eigenvalue weighted by Crippen LogP contribution is -2.08. The van der Waals surface area contributed by atoms with Crippen LogP contribution in [0.2, 0.25) is 0 Å². The van der Waals surface area contributed by atoms with Gasteiger partial charge in [-0.25, -0.2) is 4.79 Å². The third-order valence-electron chi connectivity index (χ3n) is 3.58. The summed E-state index contributed by atoms with van der Waals surface area (Å²) in [6.45, 7) is 4.21. The van der Waals surface area contributed by atoms with Crippen molar-refractivity contribution in [3.8, 4) is 23.0 Å². The highest BCUT2D eigenvalue weighted by Gasteiger charge is 2.15. The fourth-order valence-electron chi connectivity index (χ4n) is 1.99. The Kier molecular flexibility index (Phi) is 4.56. The van der Waals surface area contributed by atoms with Gasteiger partial charge in [0.25, 0.3) is 0 Å². The number of phenolic OH excluding ortho intramolecular Hbond substituents is 3. The number of esters is 1. The molecule has 116 valence electrons. The van der Waals surface area contributed by atoms with Crippen LogP contribution in [-0.2, 0) is 0 Å². The topological polar surface area (TPSA) is 87.0 Å². The molecule has 0 aliphatic carbocycles. The van der Waals surface area contributed by atoms with Crippen molar-refractivity contribution in [3.05, 3.63) is 47.5 Å². The molecule has 0 aliphatic rings. The van der Waals surface area contributed by atoms with Crippen LogP contribution in [0.15, 0.2) is 36.4 Å². The molecular weight excluding hydrogens is 284 g/mol. The molecule has 3 N–H and O–H groups in total. The number of carbonyl (C=O) groups excluding carboxylic acids is 1. The van der Waals surface area contributed by atoms with E-state index in [0.717, 1.165) is 24.1 Å². The molecule has 0 saturated carbocycles. The maximum absolute atomic E-state index is 12.0. The van der Waals surface area contributed by atoms with Crippen molar-refractivity contribution in [1.29, 1.82) is 0 Å². The molecule has 0 amide bonds. The van der Waals surface area contributed by atoms with Gasteiger partial charge in [-0.2, -0.15) is 0 Å². The second kappa shape index (κ2) is 6.39. The largest absolute Gasteiger partial charge is 0.504 e. The second-order valence-electron chi connectivity index (χ2n) is 5.13. The average Bonchev–Trinajstić information content (AvgIpc) is 2.52. The summed E-state index contributed by atoms with van der Waals surface area (Å²) in [6, 6.07) is 9.24. The van der Waals surface area contributed by atoms with Gasteiger partial charge in [-0.15, -0.1) is 0 Å². The van der Waals surface area contributed by atoms with E-state index in [1.54, 1.807) is 12.1 Å². The van der Waals surface area contributed by atoms with Crippen LogP contribution in [-0.4, -0.2) is 21.3 Å². The number of ether oxygens (including phenoxy) is 1. The van der Waals surface area contributed by atoms with Crippen LogP contribution in [0.5, 0.6) is 23.0 Å². The number of hydrogen-bond donors (Lipinski definition) is 3. The molecule has 5 nitrogen and oxygen atoms in total. The van der Waals surface area contributed by atoms with E-state index in [0.29, 0.717) is 11.7 Å². The van der Waals surface area contributed by atoms with E-state index < -0.39 is 23.2 Å². The Morgan fingerprint density at radius 3 is 2.14 bits per heavy atom. The minimum Gasteiger partial charge on any atom is -0.504 e. The molecule has 0 spiro atoms. The van der Waals surface area contributed by atoms with Gasteiger partial charge in [0.15, 0.2) is 17.2 Å². The summed E-state index contributed by atoms with van der Waals surface area (Å²) in [5.41, 5.74) is 1.10. The third kappa shape index (κ3) is 3.31. The monoisotopic (exact) mass is 302 g/mol. The maximum Gasteiger partial charge on any atom is 0.343 e. The molecule has 2 aromatic carbocycles. The molecule has 5 heteroatoms. The first-order valence-corrected chi connectivity index (χ1v) is 6.99. The van der Waals surface area contributed by atoms with Gasteiger partial charge in [-0.05, 0) is 42.2 Å². The van der Waals surface area contributed by atoms with Gasteiger partial charge >= 0.3 is 5.97 Å². The highest BCUT2D eigenvalue weighted by molar-refractivity contribution is 5.92. The SMILES string of the molecule is CCC(C)c1ccc(OC(=O)c2cc(O)c(O)c(O)c2)cc1. The standard InChI is InChI=1S/C17H18O5/c1-3-10(2)11-4-6-13(7-5-11)22-17(21)12-8-14(18)16(20)15(19)9-12/h4-10,18-20H,3H2,1-2H3. The number of aromatic hydroxyl groups is 3. The first kappa shape index (κ1) is 15.7. The van der Waals surface area contributed by atoms with E-state index in [1.165, 1.54) is 0 Å². The molecule has 0 saturated heterocycles. The summed E-state index contributed by atoms with van der Waals surface area (Å²) in [5.74, 6) is -1.78. The molecule has 2 aromatic rings. The van der Waals surface area contributed by atoms with E-state index in [1.807, 2.05) is 12.1 Å². The summed E-state index contributed by atoms with van der Waals surface area (Å²) >= 11 is 0. The number of carbonyl (C=O) groups is 1. The Hall–Kier alpha value is -2.69. The van der Waals surface area contributed by atoms with Crippen molar-refractivity contribution in [2.75, 3.05) is 0 Å². The van der Waals surface area contributed by atoms with Crippen molar-refractivity contribution >= 4 is 5.97 Å². The molecule has 0 bridgehead atoms. The highest BCUT2D eigenvalue weighted by atomic mass is 16.5. The van der Waals surface area contributed by atoms with Gasteiger partial charge in [0, 0.05) is 0 Å². The molecule has 0 heterocycles. The molecule has 0 fully saturated rings. The van der Waals surface area contributed by atoms with Crippen LogP contribution >= 0.6 is 0 Å². The number of rotatable bonds is 4. The smallest absolute Gasteiger partial charge is 0.343 e. The molecule has 22 heavy (non-hydrogen) atoms. The zero-order valence-corrected chi connectivity index (χ0v) is 12.4. The van der Waals surface area contributed by atoms with E-state index in [2.05, 4.69) is 13.8 Å². The van der Waals surface area contributed by atoms with Crippen LogP contribution < -0.4 is 4.74 Å². The maximum atomic E-state index is 12.0. The lowest BCUT2D eigenvalue weighted by atomic mass is 9.99. The first-order chi connectivity index (χ1) is 10.4. The lowest BCUT2D eigenvalue weighted by molar-refractivity contribution is 0.0733. The molecule has 1 atom stereocenters. The quantitative estimate of drug-likeness (QED) is 0.457. The zero-order chi connectivity index (χ0) is 16.3. The summed E-state index contributed by atoms with van der Waals surface area (Å²) < 4.78 is 5.18. The van der Waals surface area contributed by atoms with Gasteiger partial charge in [0.2, 0.25) is 0 Å². The van der Waals surface area contributed by atoms with Gasteiger partial charge < -0.3 is 20.1 Å². The first-order valence-electron chi connectivity index (χ1n) is 6.99. The Bertz CT molecular complexity index is 653. The summed E-state index contributed by atoms with van der Waals surface area (Å²) in [4.78, 5) is 12.0. The Morgan fingerprint density at radius 2 is 1.64 bits per heavy atom. The number of benzene rings is 2. The van der Waals surface area contributed by atoms with Crippen LogP contribution in [0.3, 0.4) is 0 Å². The Labute approximate surface area is 128 Å². The molecule has 0 radical (unpaired) electrons. The van der Waals surface area contributed by atoms with E-state index >= 15 is 0 Å². The summed E-state index contributed by atoms with van der Waals surface area (Å²) in [5, 5.41) is 28.1. The van der Waals surface area contributed by atoms with Crippen LogP contribution in [0.1, 0.15) is 42.1 Å². The van der Waals surface area contributed by atoms with Gasteiger partial charge in [0.05, 0.1) is 5.56 Å². The second-order valence-corrected chi connectivity index (χ2v) is 5.13. The van der Waals surface area contributed by atoms with Gasteiger partial charge in [-0.3, -0.25) is 0 Å². The van der Waals surface area contributed by atoms with Crippen LogP contribution in [0.25, 0.3) is 0 Å². The molecule has 1 unspecified atom stereocenters. The number of phenols is 3. The van der Waals surface area contributed by atoms with E-state index in [4.69, 9.17) is 4.74 Å². The van der Waals surface area contributed by atoms with Crippen LogP contribution in [0.4, 0.5) is 0 Å². The van der Waals surface area contributed by atoms with E-state index in [-0.39, 0.29) is 5.56 Å². The fraction of sp³-hybridized carbons (Fsp3) is 0.235. The predicted octanol–water partition coefficient (Wildman–Crippen LogP) is 3.54. The fourth-order valence-corrected chi connectivity index (χ4v) is 1.99. The average molecular weight is 302 g/mol. The van der Waals surface area contributed by atoms with Gasteiger partial charge in [0.1, 0.15) is 5.75 Å². The lowest BCUT2D eigenvalue weighted by Gasteiger charge is -2.10. The highest BCUT2D eigenvalue weighted by Crippen LogP contribution is 2.35. The van der Waals surface area contributed by atoms with Crippen molar-refractivity contribution in [3.63, 3.8) is 0 Å². The Balaban J connectivity index is 2.15. The van der Waals surface area contributed by atoms with Crippen molar-refractivity contribution in [1.82, 2.24) is 0 Å². The molecule has 0 aromatic heterocycles. The van der Waals surface area contributed by atoms with Gasteiger partial charge in [-0.1, -0.05) is 26.0 Å². The minimum absolute atomic E-state index is 0.0567. The zero-order valence-electron chi connectivity index (χ0n) is 12.4. The Morgan fingerprint density at radius 1 is 1.09 bits per heavy atom. The molecular formula is C17H18O5. The van der Waals surface area contributed by atoms with Crippen LogP contribution in [0, 0.1) is 0 Å². The normalized spacial score (nSPS) is 11.9. The molecule has 0 aliphatic heterocycles. The third-order valence-corrected chi connectivity index (χ3v) is 3.58. The molecule has 2 rings (SSSR count). The number of hydrogen-bond acceptors (Lipinski definition) is 5. The van der Waals surface area contributed by atoms with Crippen molar-refractivity contribution in [2.24, 2.45) is 0 Å². The predicted molar refractivity (Wildman–Crippen MR) is 81.5 cm³/mol. The van der Waals surface area contributed by atoms with Crippen molar-refractivity contribution < 1.29 is 24.9 Å². The summed E-state index contributed by atoms with van der Waals surface area (Å²) in [7, 11) is 0. The summed E-state index contributed by atoms with van der Waals surface area (Å²) in [6.07, 6.45) is 1.02. The van der Waals surface area contributed by atoms with E-state index in [9.17, 15) is 20.1 Å².